The zero-order valence-electron chi connectivity index (χ0n) is 8.71. The summed E-state index contributed by atoms with van der Waals surface area (Å²) in [5.74, 6) is -0.430. The third-order valence-corrected chi connectivity index (χ3v) is 2.19. The van der Waals surface area contributed by atoms with Crippen LogP contribution in [0.3, 0.4) is 0 Å². The van der Waals surface area contributed by atoms with E-state index in [0.29, 0.717) is 29.7 Å². The van der Waals surface area contributed by atoms with Crippen LogP contribution in [0.2, 0.25) is 0 Å². The van der Waals surface area contributed by atoms with Gasteiger partial charge in [-0.3, -0.25) is 4.79 Å². The molecular weight excluding hydrogens is 208 g/mol. The van der Waals surface area contributed by atoms with E-state index in [4.69, 9.17) is 4.74 Å². The molecule has 0 fully saturated rings. The number of rotatable bonds is 3. The molecule has 0 saturated heterocycles. The Hall–Kier alpha value is -2.17. The van der Waals surface area contributed by atoms with Crippen molar-refractivity contribution in [3.8, 4) is 0 Å². The zero-order chi connectivity index (χ0) is 11.5. The molecule has 2 rings (SSSR count). The minimum atomic E-state index is -0.430. The van der Waals surface area contributed by atoms with Gasteiger partial charge in [-0.1, -0.05) is 6.07 Å². The van der Waals surface area contributed by atoms with Crippen molar-refractivity contribution in [3.63, 3.8) is 0 Å². The second kappa shape index (κ2) is 4.14. The Balaban J connectivity index is 2.57. The largest absolute Gasteiger partial charge is 0.462 e. The van der Waals surface area contributed by atoms with Crippen LogP contribution >= 0.6 is 0 Å². The molecule has 0 aromatic carbocycles. The van der Waals surface area contributed by atoms with Crippen molar-refractivity contribution in [2.24, 2.45) is 0 Å². The van der Waals surface area contributed by atoms with Crippen LogP contribution in [0.25, 0.3) is 5.52 Å². The third-order valence-electron chi connectivity index (χ3n) is 2.19. The topological polar surface area (TPSA) is 60.7 Å². The first kappa shape index (κ1) is 10.4. The van der Waals surface area contributed by atoms with Crippen LogP contribution < -0.4 is 0 Å². The fourth-order valence-electron chi connectivity index (χ4n) is 1.49. The number of fused-ring (bicyclic) bond motifs is 1. The van der Waals surface area contributed by atoms with Crippen LogP contribution in [0, 0.1) is 0 Å². The molecule has 0 bridgehead atoms. The minimum absolute atomic E-state index is 0.309. The van der Waals surface area contributed by atoms with Gasteiger partial charge in [0.05, 0.1) is 18.3 Å². The standard InChI is InChI=1S/C11H10N2O3/c1-2-16-11(15)9-6-12-13-8(7-14)4-3-5-10(9)13/h3-7H,2H2,1H3. The van der Waals surface area contributed by atoms with Gasteiger partial charge in [0.2, 0.25) is 0 Å². The predicted molar refractivity (Wildman–Crippen MR) is 56.5 cm³/mol. The summed E-state index contributed by atoms with van der Waals surface area (Å²) in [6.45, 7) is 2.05. The molecule has 0 aliphatic rings. The van der Waals surface area contributed by atoms with Crippen molar-refractivity contribution in [2.45, 2.75) is 6.92 Å². The van der Waals surface area contributed by atoms with E-state index in [1.165, 1.54) is 10.7 Å². The molecule has 0 aliphatic heterocycles. The molecule has 2 aromatic rings. The minimum Gasteiger partial charge on any atom is -0.462 e. The summed E-state index contributed by atoms with van der Waals surface area (Å²) in [6.07, 6.45) is 2.09. The van der Waals surface area contributed by atoms with Crippen LogP contribution in [0.5, 0.6) is 0 Å². The molecule has 0 atom stereocenters. The molecule has 0 radical (unpaired) electrons. The van der Waals surface area contributed by atoms with Crippen molar-refractivity contribution in [2.75, 3.05) is 6.61 Å². The van der Waals surface area contributed by atoms with Crippen LogP contribution in [0.4, 0.5) is 0 Å². The van der Waals surface area contributed by atoms with E-state index in [0.717, 1.165) is 0 Å². The van der Waals surface area contributed by atoms with E-state index in [-0.39, 0.29) is 0 Å². The van der Waals surface area contributed by atoms with Gasteiger partial charge in [-0.15, -0.1) is 0 Å². The number of carbonyl (C=O) groups excluding carboxylic acids is 2. The van der Waals surface area contributed by atoms with Crippen LogP contribution in [-0.4, -0.2) is 28.5 Å². The molecule has 2 heterocycles. The summed E-state index contributed by atoms with van der Waals surface area (Å²) in [5, 5.41) is 3.98. The summed E-state index contributed by atoms with van der Waals surface area (Å²) in [5.41, 5.74) is 1.33. The number of hydrogen-bond donors (Lipinski definition) is 0. The Morgan fingerprint density at radius 2 is 2.38 bits per heavy atom. The average Bonchev–Trinajstić information content (AvgIpc) is 2.72. The highest BCUT2D eigenvalue weighted by Gasteiger charge is 2.14. The van der Waals surface area contributed by atoms with Gasteiger partial charge in [-0.2, -0.15) is 5.10 Å². The summed E-state index contributed by atoms with van der Waals surface area (Å²) in [4.78, 5) is 22.3. The highest BCUT2D eigenvalue weighted by Crippen LogP contribution is 2.13. The van der Waals surface area contributed by atoms with Gasteiger partial charge < -0.3 is 4.74 Å². The fourth-order valence-corrected chi connectivity index (χ4v) is 1.49. The second-order valence-electron chi connectivity index (χ2n) is 3.14. The van der Waals surface area contributed by atoms with Gasteiger partial charge in [-0.05, 0) is 19.1 Å². The quantitative estimate of drug-likeness (QED) is 0.576. The van der Waals surface area contributed by atoms with Gasteiger partial charge in [0, 0.05) is 0 Å². The molecule has 0 unspecified atom stereocenters. The highest BCUT2D eigenvalue weighted by molar-refractivity contribution is 5.97. The van der Waals surface area contributed by atoms with Gasteiger partial charge >= 0.3 is 5.97 Å². The zero-order valence-corrected chi connectivity index (χ0v) is 8.71. The van der Waals surface area contributed by atoms with E-state index in [1.807, 2.05) is 0 Å². The molecule has 0 spiro atoms. The van der Waals surface area contributed by atoms with Gasteiger partial charge in [0.25, 0.3) is 0 Å². The number of hydrogen-bond acceptors (Lipinski definition) is 4. The van der Waals surface area contributed by atoms with Gasteiger partial charge in [0.1, 0.15) is 11.3 Å². The van der Waals surface area contributed by atoms with Crippen LogP contribution in [-0.2, 0) is 4.74 Å². The smallest absolute Gasteiger partial charge is 0.341 e. The molecule has 0 amide bonds. The van der Waals surface area contributed by atoms with Crippen LogP contribution in [0.1, 0.15) is 27.8 Å². The molecule has 16 heavy (non-hydrogen) atoms. The molecule has 5 nitrogen and oxygen atoms in total. The highest BCUT2D eigenvalue weighted by atomic mass is 16.5. The molecule has 0 aliphatic carbocycles. The van der Waals surface area contributed by atoms with E-state index in [1.54, 1.807) is 25.1 Å². The first-order valence-corrected chi connectivity index (χ1v) is 4.87. The van der Waals surface area contributed by atoms with Crippen LogP contribution in [0.15, 0.2) is 24.4 Å². The van der Waals surface area contributed by atoms with E-state index in [9.17, 15) is 9.59 Å². The lowest BCUT2D eigenvalue weighted by atomic mass is 10.2. The number of pyridine rings is 1. The maximum Gasteiger partial charge on any atom is 0.341 e. The molecule has 2 aromatic heterocycles. The van der Waals surface area contributed by atoms with Gasteiger partial charge in [0.15, 0.2) is 6.29 Å². The Morgan fingerprint density at radius 3 is 3.06 bits per heavy atom. The van der Waals surface area contributed by atoms with Crippen molar-refractivity contribution in [3.05, 3.63) is 35.7 Å². The lowest BCUT2D eigenvalue weighted by Crippen LogP contribution is -2.04. The van der Waals surface area contributed by atoms with Crippen molar-refractivity contribution in [1.29, 1.82) is 0 Å². The fraction of sp³-hybridized carbons (Fsp3) is 0.182. The summed E-state index contributed by atoms with van der Waals surface area (Å²) >= 11 is 0. The Bertz CT molecular complexity index is 545. The van der Waals surface area contributed by atoms with E-state index >= 15 is 0 Å². The third kappa shape index (κ3) is 1.56. The predicted octanol–water partition coefficient (Wildman–Crippen LogP) is 1.32. The molecule has 0 saturated carbocycles. The number of aldehydes is 1. The van der Waals surface area contributed by atoms with Crippen molar-refractivity contribution < 1.29 is 14.3 Å². The first-order valence-electron chi connectivity index (χ1n) is 4.87. The number of carbonyl (C=O) groups is 2. The Morgan fingerprint density at radius 1 is 1.56 bits per heavy atom. The van der Waals surface area contributed by atoms with Crippen molar-refractivity contribution in [1.82, 2.24) is 9.61 Å². The molecule has 82 valence electrons. The van der Waals surface area contributed by atoms with E-state index < -0.39 is 5.97 Å². The number of aromatic nitrogens is 2. The number of esters is 1. The van der Waals surface area contributed by atoms with E-state index in [2.05, 4.69) is 5.10 Å². The lowest BCUT2D eigenvalue weighted by Gasteiger charge is -2.00. The summed E-state index contributed by atoms with van der Waals surface area (Å²) in [6, 6.07) is 5.04. The summed E-state index contributed by atoms with van der Waals surface area (Å²) < 4.78 is 6.30. The molecule has 5 heteroatoms. The Labute approximate surface area is 91.6 Å². The van der Waals surface area contributed by atoms with Crippen molar-refractivity contribution >= 4 is 17.8 Å². The molecule has 0 N–H and O–H groups in total. The normalized spacial score (nSPS) is 10.3. The Kier molecular flexibility index (Phi) is 2.68. The SMILES string of the molecule is CCOC(=O)c1cnn2c(C=O)cccc12. The first-order chi connectivity index (χ1) is 7.77. The molecular formula is C11H10N2O3. The second-order valence-corrected chi connectivity index (χ2v) is 3.14. The number of nitrogens with zero attached hydrogens (tertiary/aromatic N) is 2. The maximum atomic E-state index is 11.6. The number of ether oxygens (including phenoxy) is 1. The maximum absolute atomic E-state index is 11.6. The monoisotopic (exact) mass is 218 g/mol. The average molecular weight is 218 g/mol. The lowest BCUT2D eigenvalue weighted by molar-refractivity contribution is 0.0528. The summed E-state index contributed by atoms with van der Waals surface area (Å²) in [7, 11) is 0. The van der Waals surface area contributed by atoms with Gasteiger partial charge in [-0.25, -0.2) is 9.31 Å².